The van der Waals surface area contributed by atoms with E-state index in [0.29, 0.717) is 12.8 Å². The predicted octanol–water partition coefficient (Wildman–Crippen LogP) is 11.6. The van der Waals surface area contributed by atoms with E-state index in [0.717, 1.165) is 32.1 Å². The maximum absolute atomic E-state index is 12.3. The van der Waals surface area contributed by atoms with Crippen LogP contribution in [0.4, 0.5) is 0 Å². The third kappa shape index (κ3) is 37.4. The van der Waals surface area contributed by atoms with Gasteiger partial charge < -0.3 is 19.3 Å². The quantitative estimate of drug-likeness (QED) is 0.0287. The van der Waals surface area contributed by atoms with Crippen LogP contribution in [-0.2, 0) is 28.2 Å². The second-order valence-electron chi connectivity index (χ2n) is 13.2. The summed E-state index contributed by atoms with van der Waals surface area (Å²) in [6, 6.07) is 0. The van der Waals surface area contributed by atoms with Gasteiger partial charge in [-0.2, -0.15) is 0 Å². The fourth-order valence-electron chi connectivity index (χ4n) is 5.50. The zero-order valence-electron chi connectivity index (χ0n) is 30.9. The normalized spacial score (nSPS) is 12.7. The van der Waals surface area contributed by atoms with Crippen molar-refractivity contribution in [3.05, 3.63) is 24.3 Å². The molecular formula is C39H73O8P. The zero-order valence-corrected chi connectivity index (χ0v) is 31.8. The Kier molecular flexibility index (Phi) is 34.3. The Morgan fingerprint density at radius 1 is 0.521 bits per heavy atom. The molecule has 48 heavy (non-hydrogen) atoms. The molecule has 0 aromatic rings. The third-order valence-corrected chi connectivity index (χ3v) is 8.94. The van der Waals surface area contributed by atoms with E-state index >= 15 is 0 Å². The van der Waals surface area contributed by atoms with E-state index < -0.39 is 32.5 Å². The summed E-state index contributed by atoms with van der Waals surface area (Å²) in [6.07, 6.45) is 39.1. The Balaban J connectivity index is 4.00. The smallest absolute Gasteiger partial charge is 0.462 e. The minimum absolute atomic E-state index is 0.127. The van der Waals surface area contributed by atoms with Crippen molar-refractivity contribution < 1.29 is 37.9 Å². The molecule has 0 aliphatic heterocycles. The van der Waals surface area contributed by atoms with Crippen molar-refractivity contribution in [2.75, 3.05) is 13.2 Å². The molecule has 0 fully saturated rings. The van der Waals surface area contributed by atoms with Gasteiger partial charge in [0, 0.05) is 12.8 Å². The molecule has 0 radical (unpaired) electrons. The summed E-state index contributed by atoms with van der Waals surface area (Å²) >= 11 is 0. The third-order valence-electron chi connectivity index (χ3n) is 8.46. The number of esters is 2. The SMILES string of the molecule is CCCCCCCCCCC/C=C/CCCCC(=O)OC[C@H](COP(=O)(O)O)OC(=O)CC/C=C/CCCCCCCCCCCCC. The van der Waals surface area contributed by atoms with Crippen molar-refractivity contribution in [3.63, 3.8) is 0 Å². The lowest BCUT2D eigenvalue weighted by Gasteiger charge is -2.18. The summed E-state index contributed by atoms with van der Waals surface area (Å²) in [5.74, 6) is -0.963. The first-order valence-electron chi connectivity index (χ1n) is 19.6. The van der Waals surface area contributed by atoms with Gasteiger partial charge in [-0.1, -0.05) is 154 Å². The molecule has 0 aliphatic carbocycles. The highest BCUT2D eigenvalue weighted by atomic mass is 31.2. The number of rotatable bonds is 36. The van der Waals surface area contributed by atoms with E-state index in [-0.39, 0.29) is 19.4 Å². The van der Waals surface area contributed by atoms with Crippen LogP contribution in [-0.4, -0.2) is 41.0 Å². The van der Waals surface area contributed by atoms with Gasteiger partial charge in [0.15, 0.2) is 6.10 Å². The van der Waals surface area contributed by atoms with Crippen LogP contribution in [0.1, 0.15) is 194 Å². The average molecular weight is 701 g/mol. The first-order valence-corrected chi connectivity index (χ1v) is 21.2. The van der Waals surface area contributed by atoms with Crippen molar-refractivity contribution in [1.29, 1.82) is 0 Å². The molecule has 0 amide bonds. The van der Waals surface area contributed by atoms with Gasteiger partial charge in [-0.15, -0.1) is 0 Å². The molecule has 0 bridgehead atoms. The maximum Gasteiger partial charge on any atom is 0.469 e. The number of phosphoric ester groups is 1. The second kappa shape index (κ2) is 35.4. The van der Waals surface area contributed by atoms with Crippen molar-refractivity contribution in [3.8, 4) is 0 Å². The fraction of sp³-hybridized carbons (Fsp3) is 0.846. The van der Waals surface area contributed by atoms with Crippen LogP contribution < -0.4 is 0 Å². The highest BCUT2D eigenvalue weighted by Gasteiger charge is 2.22. The van der Waals surface area contributed by atoms with Gasteiger partial charge >= 0.3 is 19.8 Å². The largest absolute Gasteiger partial charge is 0.469 e. The van der Waals surface area contributed by atoms with Crippen molar-refractivity contribution in [2.24, 2.45) is 0 Å². The molecule has 0 aliphatic rings. The minimum Gasteiger partial charge on any atom is -0.462 e. The first-order chi connectivity index (χ1) is 23.3. The Bertz CT molecular complexity index is 838. The van der Waals surface area contributed by atoms with E-state index in [1.54, 1.807) is 0 Å². The number of unbranched alkanes of at least 4 members (excludes halogenated alkanes) is 22. The highest BCUT2D eigenvalue weighted by Crippen LogP contribution is 2.36. The van der Waals surface area contributed by atoms with E-state index in [1.807, 2.05) is 6.08 Å². The molecule has 0 heterocycles. The number of hydrogen-bond acceptors (Lipinski definition) is 6. The van der Waals surface area contributed by atoms with Gasteiger partial charge in [0.25, 0.3) is 0 Å². The molecule has 0 aromatic carbocycles. The van der Waals surface area contributed by atoms with Crippen LogP contribution in [0.3, 0.4) is 0 Å². The Morgan fingerprint density at radius 2 is 0.917 bits per heavy atom. The number of ether oxygens (including phenoxy) is 2. The van der Waals surface area contributed by atoms with Gasteiger partial charge in [0.2, 0.25) is 0 Å². The molecule has 0 saturated carbocycles. The molecule has 0 rings (SSSR count). The van der Waals surface area contributed by atoms with Crippen LogP contribution in [0, 0.1) is 0 Å². The standard InChI is InChI=1S/C39H73O8P/c1-3-5-7-9-11-13-15-17-19-21-23-25-27-29-31-33-38(40)45-35-37(36-46-48(42,43)44)47-39(41)34-32-30-28-26-24-22-20-18-16-14-12-10-8-6-4-2/h23,25,28,30,37H,3-22,24,26-27,29,31-36H2,1-2H3,(H2,42,43,44)/b25-23+,30-28+/t37-/m1/s1. The molecule has 0 aromatic heterocycles. The summed E-state index contributed by atoms with van der Waals surface area (Å²) < 4.78 is 26.2. The lowest BCUT2D eigenvalue weighted by molar-refractivity contribution is -0.161. The molecule has 0 spiro atoms. The maximum atomic E-state index is 12.3. The van der Waals surface area contributed by atoms with Gasteiger partial charge in [-0.05, 0) is 51.4 Å². The summed E-state index contributed by atoms with van der Waals surface area (Å²) in [6.45, 7) is 3.64. The number of carbonyl (C=O) groups excluding carboxylic acids is 2. The Morgan fingerprint density at radius 3 is 1.35 bits per heavy atom. The van der Waals surface area contributed by atoms with Gasteiger partial charge in [-0.25, -0.2) is 4.57 Å². The minimum atomic E-state index is -4.76. The first kappa shape index (κ1) is 46.5. The summed E-state index contributed by atoms with van der Waals surface area (Å²) in [4.78, 5) is 42.7. The molecule has 8 nitrogen and oxygen atoms in total. The van der Waals surface area contributed by atoms with Crippen LogP contribution in [0.2, 0.25) is 0 Å². The molecule has 0 unspecified atom stereocenters. The van der Waals surface area contributed by atoms with E-state index in [2.05, 4.69) is 36.6 Å². The molecule has 9 heteroatoms. The lowest BCUT2D eigenvalue weighted by atomic mass is 10.1. The lowest BCUT2D eigenvalue weighted by Crippen LogP contribution is -2.29. The Hall–Kier alpha value is -1.47. The van der Waals surface area contributed by atoms with Crippen molar-refractivity contribution in [1.82, 2.24) is 0 Å². The van der Waals surface area contributed by atoms with Crippen LogP contribution in [0.25, 0.3) is 0 Å². The van der Waals surface area contributed by atoms with Crippen molar-refractivity contribution in [2.45, 2.75) is 200 Å². The van der Waals surface area contributed by atoms with Gasteiger partial charge in [0.05, 0.1) is 6.61 Å². The number of hydrogen-bond donors (Lipinski definition) is 2. The monoisotopic (exact) mass is 701 g/mol. The zero-order chi connectivity index (χ0) is 35.4. The van der Waals surface area contributed by atoms with Crippen molar-refractivity contribution >= 4 is 19.8 Å². The summed E-state index contributed by atoms with van der Waals surface area (Å²) in [5, 5.41) is 0. The fourth-order valence-corrected chi connectivity index (χ4v) is 5.86. The topological polar surface area (TPSA) is 119 Å². The molecule has 282 valence electrons. The van der Waals surface area contributed by atoms with E-state index in [9.17, 15) is 14.2 Å². The average Bonchev–Trinajstić information content (AvgIpc) is 3.05. The summed E-state index contributed by atoms with van der Waals surface area (Å²) in [5.41, 5.74) is 0. The number of carbonyl (C=O) groups is 2. The molecule has 2 N–H and O–H groups in total. The van der Waals surface area contributed by atoms with Crippen LogP contribution in [0.5, 0.6) is 0 Å². The molecule has 1 atom stereocenters. The number of allylic oxidation sites excluding steroid dienone is 4. The Labute approximate surface area is 294 Å². The highest BCUT2D eigenvalue weighted by molar-refractivity contribution is 7.46. The van der Waals surface area contributed by atoms with E-state index in [4.69, 9.17) is 19.3 Å². The predicted molar refractivity (Wildman–Crippen MR) is 198 cm³/mol. The molecular weight excluding hydrogens is 627 g/mol. The van der Waals surface area contributed by atoms with Gasteiger partial charge in [0.1, 0.15) is 6.61 Å². The van der Waals surface area contributed by atoms with Crippen LogP contribution >= 0.6 is 7.82 Å². The number of phosphoric acid groups is 1. The second-order valence-corrected chi connectivity index (χ2v) is 14.5. The van der Waals surface area contributed by atoms with Crippen LogP contribution in [0.15, 0.2) is 24.3 Å². The summed E-state index contributed by atoms with van der Waals surface area (Å²) in [7, 11) is -4.76. The van der Waals surface area contributed by atoms with E-state index in [1.165, 1.54) is 122 Å². The molecule has 0 saturated heterocycles. The van der Waals surface area contributed by atoms with Gasteiger partial charge in [-0.3, -0.25) is 14.1 Å².